The number of rotatable bonds is 5. The first-order valence-corrected chi connectivity index (χ1v) is 8.23. The number of hydrogen-bond donors (Lipinski definition) is 3. The topological polar surface area (TPSA) is 70.6 Å². The van der Waals surface area contributed by atoms with E-state index in [1.165, 1.54) is 0 Å². The Morgan fingerprint density at radius 1 is 1.28 bits per heavy atom. The summed E-state index contributed by atoms with van der Waals surface area (Å²) in [5.74, 6) is 0.659. The van der Waals surface area contributed by atoms with E-state index >= 15 is 0 Å². The number of urea groups is 1. The fraction of sp³-hybridized carbons (Fsp3) is 0.250. The second-order valence-electron chi connectivity index (χ2n) is 6.32. The lowest BCUT2D eigenvalue weighted by molar-refractivity contribution is 0.144. The number of anilines is 1. The van der Waals surface area contributed by atoms with Crippen LogP contribution in [0.15, 0.2) is 60.7 Å². The Bertz CT molecular complexity index is 788. The number of hydrogen-bond acceptors (Lipinski definition) is 3. The SMILES string of the molecule is C=C(C)COc1cccc(NC(=O)N[C@H]2c3ccccc3C[C@H]2O)c1. The van der Waals surface area contributed by atoms with Crippen LogP contribution in [-0.2, 0) is 6.42 Å². The van der Waals surface area contributed by atoms with Gasteiger partial charge in [0.1, 0.15) is 12.4 Å². The van der Waals surface area contributed by atoms with Crippen LogP contribution >= 0.6 is 0 Å². The largest absolute Gasteiger partial charge is 0.489 e. The van der Waals surface area contributed by atoms with E-state index in [0.29, 0.717) is 24.5 Å². The van der Waals surface area contributed by atoms with Crippen LogP contribution < -0.4 is 15.4 Å². The summed E-state index contributed by atoms with van der Waals surface area (Å²) in [6, 6.07) is 14.1. The van der Waals surface area contributed by atoms with E-state index in [9.17, 15) is 9.90 Å². The van der Waals surface area contributed by atoms with Gasteiger partial charge in [0.05, 0.1) is 12.1 Å². The maximum atomic E-state index is 12.3. The Hall–Kier alpha value is -2.79. The molecule has 0 heterocycles. The molecule has 3 rings (SSSR count). The van der Waals surface area contributed by atoms with Crippen LogP contribution in [0.4, 0.5) is 10.5 Å². The maximum Gasteiger partial charge on any atom is 0.319 e. The summed E-state index contributed by atoms with van der Waals surface area (Å²) in [6.07, 6.45) is -0.0703. The molecule has 0 bridgehead atoms. The van der Waals surface area contributed by atoms with Crippen molar-refractivity contribution >= 4 is 11.7 Å². The van der Waals surface area contributed by atoms with Crippen LogP contribution in [0.2, 0.25) is 0 Å². The van der Waals surface area contributed by atoms with Gasteiger partial charge in [-0.05, 0) is 35.8 Å². The molecule has 5 heteroatoms. The average molecular weight is 338 g/mol. The number of fused-ring (bicyclic) bond motifs is 1. The lowest BCUT2D eigenvalue weighted by atomic mass is 10.1. The Kier molecular flexibility index (Phi) is 5.05. The first kappa shape index (κ1) is 17.0. The normalized spacial score (nSPS) is 18.3. The summed E-state index contributed by atoms with van der Waals surface area (Å²) >= 11 is 0. The van der Waals surface area contributed by atoms with Crippen molar-refractivity contribution in [3.8, 4) is 5.75 Å². The molecular formula is C20H22N2O3. The average Bonchev–Trinajstić information content (AvgIpc) is 2.89. The van der Waals surface area contributed by atoms with Gasteiger partial charge in [-0.15, -0.1) is 0 Å². The zero-order valence-electron chi connectivity index (χ0n) is 14.2. The molecule has 0 aromatic heterocycles. The molecule has 0 radical (unpaired) electrons. The van der Waals surface area contributed by atoms with Gasteiger partial charge in [0.25, 0.3) is 0 Å². The van der Waals surface area contributed by atoms with Gasteiger partial charge in [0.2, 0.25) is 0 Å². The van der Waals surface area contributed by atoms with Gasteiger partial charge in [0.15, 0.2) is 0 Å². The van der Waals surface area contributed by atoms with Gasteiger partial charge in [0, 0.05) is 18.2 Å². The van der Waals surface area contributed by atoms with Crippen LogP contribution in [0.25, 0.3) is 0 Å². The molecule has 3 N–H and O–H groups in total. The number of ether oxygens (including phenoxy) is 1. The fourth-order valence-corrected chi connectivity index (χ4v) is 2.93. The van der Waals surface area contributed by atoms with E-state index in [4.69, 9.17) is 4.74 Å². The third-order valence-corrected chi connectivity index (χ3v) is 4.07. The van der Waals surface area contributed by atoms with E-state index < -0.39 is 12.1 Å². The van der Waals surface area contributed by atoms with Gasteiger partial charge in [-0.25, -0.2) is 4.79 Å². The highest BCUT2D eigenvalue weighted by atomic mass is 16.5. The third kappa shape index (κ3) is 4.19. The quantitative estimate of drug-likeness (QED) is 0.732. The van der Waals surface area contributed by atoms with E-state index in [2.05, 4.69) is 17.2 Å². The molecular weight excluding hydrogens is 316 g/mol. The van der Waals surface area contributed by atoms with Crippen molar-refractivity contribution in [1.29, 1.82) is 0 Å². The molecule has 1 aliphatic carbocycles. The molecule has 25 heavy (non-hydrogen) atoms. The molecule has 0 unspecified atom stereocenters. The first-order valence-electron chi connectivity index (χ1n) is 8.23. The number of nitrogens with one attached hydrogen (secondary N) is 2. The first-order chi connectivity index (χ1) is 12.0. The summed E-state index contributed by atoms with van der Waals surface area (Å²) in [7, 11) is 0. The molecule has 1 aliphatic rings. The number of benzene rings is 2. The molecule has 0 saturated heterocycles. The number of carbonyl (C=O) groups is 1. The van der Waals surface area contributed by atoms with Crippen molar-refractivity contribution in [1.82, 2.24) is 5.32 Å². The van der Waals surface area contributed by atoms with Gasteiger partial charge < -0.3 is 20.5 Å². The summed E-state index contributed by atoms with van der Waals surface area (Å²) in [6.45, 7) is 6.12. The number of amides is 2. The molecule has 2 amide bonds. The fourth-order valence-electron chi connectivity index (χ4n) is 2.93. The van der Waals surface area contributed by atoms with Gasteiger partial charge >= 0.3 is 6.03 Å². The van der Waals surface area contributed by atoms with Crippen LogP contribution in [0, 0.1) is 0 Å². The van der Waals surface area contributed by atoms with Crippen LogP contribution in [0.3, 0.4) is 0 Å². The minimum absolute atomic E-state index is 0.363. The van der Waals surface area contributed by atoms with Crippen LogP contribution in [0.5, 0.6) is 5.75 Å². The van der Waals surface area contributed by atoms with Crippen LogP contribution in [0.1, 0.15) is 24.1 Å². The number of aliphatic hydroxyl groups is 1. The predicted molar refractivity (Wildman–Crippen MR) is 97.8 cm³/mol. The smallest absolute Gasteiger partial charge is 0.319 e. The van der Waals surface area contributed by atoms with Crippen LogP contribution in [-0.4, -0.2) is 23.8 Å². The highest BCUT2D eigenvalue weighted by Gasteiger charge is 2.31. The zero-order chi connectivity index (χ0) is 17.8. The van der Waals surface area contributed by atoms with E-state index in [1.54, 1.807) is 12.1 Å². The lowest BCUT2D eigenvalue weighted by Gasteiger charge is -2.18. The number of carbonyl (C=O) groups excluding carboxylic acids is 1. The monoisotopic (exact) mass is 338 g/mol. The van der Waals surface area contributed by atoms with E-state index in [0.717, 1.165) is 16.7 Å². The predicted octanol–water partition coefficient (Wildman–Crippen LogP) is 3.42. The standard InChI is InChI=1S/C20H22N2O3/c1-13(2)12-25-16-8-5-7-15(11-16)21-20(24)22-19-17-9-4-3-6-14(17)10-18(19)23/h3-9,11,18-19,23H,1,10,12H2,2H3,(H2,21,22,24)/t18-,19+/m1/s1. The molecule has 0 saturated carbocycles. The van der Waals surface area contributed by atoms with E-state index in [-0.39, 0.29) is 6.03 Å². The Labute approximate surface area is 147 Å². The summed E-state index contributed by atoms with van der Waals surface area (Å²) in [5.41, 5.74) is 3.57. The summed E-state index contributed by atoms with van der Waals surface area (Å²) in [4.78, 5) is 12.3. The summed E-state index contributed by atoms with van der Waals surface area (Å²) in [5, 5.41) is 15.9. The Balaban J connectivity index is 1.63. The molecule has 130 valence electrons. The van der Waals surface area contributed by atoms with Gasteiger partial charge in [-0.2, -0.15) is 0 Å². The molecule has 0 fully saturated rings. The summed E-state index contributed by atoms with van der Waals surface area (Å²) < 4.78 is 5.58. The molecule has 2 aromatic rings. The lowest BCUT2D eigenvalue weighted by Crippen LogP contribution is -2.36. The molecule has 0 aliphatic heterocycles. The minimum atomic E-state index is -0.617. The van der Waals surface area contributed by atoms with Crippen molar-refractivity contribution in [2.45, 2.75) is 25.5 Å². The third-order valence-electron chi connectivity index (χ3n) is 4.07. The minimum Gasteiger partial charge on any atom is -0.489 e. The van der Waals surface area contributed by atoms with Crippen molar-refractivity contribution in [2.75, 3.05) is 11.9 Å². The molecule has 2 atom stereocenters. The highest BCUT2D eigenvalue weighted by molar-refractivity contribution is 5.89. The molecule has 0 spiro atoms. The van der Waals surface area contributed by atoms with Gasteiger partial charge in [-0.1, -0.05) is 36.9 Å². The number of aliphatic hydroxyl groups excluding tert-OH is 1. The maximum absolute atomic E-state index is 12.3. The van der Waals surface area contributed by atoms with E-state index in [1.807, 2.05) is 43.3 Å². The Morgan fingerprint density at radius 3 is 2.88 bits per heavy atom. The molecule has 2 aromatic carbocycles. The zero-order valence-corrected chi connectivity index (χ0v) is 14.2. The highest BCUT2D eigenvalue weighted by Crippen LogP contribution is 2.31. The second kappa shape index (κ2) is 7.40. The van der Waals surface area contributed by atoms with Crippen molar-refractivity contribution in [2.24, 2.45) is 0 Å². The Morgan fingerprint density at radius 2 is 2.08 bits per heavy atom. The van der Waals surface area contributed by atoms with Crippen molar-refractivity contribution in [3.63, 3.8) is 0 Å². The second-order valence-corrected chi connectivity index (χ2v) is 6.32. The van der Waals surface area contributed by atoms with Gasteiger partial charge in [-0.3, -0.25) is 0 Å². The van der Waals surface area contributed by atoms with Crippen molar-refractivity contribution < 1.29 is 14.6 Å². The van der Waals surface area contributed by atoms with Crippen molar-refractivity contribution in [3.05, 3.63) is 71.8 Å². The molecule has 5 nitrogen and oxygen atoms in total.